The van der Waals surface area contributed by atoms with Crippen molar-refractivity contribution in [2.45, 2.75) is 25.0 Å². The highest BCUT2D eigenvalue weighted by Crippen LogP contribution is 2.14. The summed E-state index contributed by atoms with van der Waals surface area (Å²) in [6, 6.07) is 0. The Hall–Kier alpha value is -0.380. The number of nitrogens with two attached hydrogens (primary N) is 1. The van der Waals surface area contributed by atoms with Crippen molar-refractivity contribution in [3.8, 4) is 0 Å². The Labute approximate surface area is 105 Å². The van der Waals surface area contributed by atoms with Crippen LogP contribution in [0.5, 0.6) is 0 Å². The summed E-state index contributed by atoms with van der Waals surface area (Å²) in [7, 11) is -4.04. The third kappa shape index (κ3) is 4.78. The van der Waals surface area contributed by atoms with Crippen molar-refractivity contribution >= 4 is 27.2 Å². The molecule has 102 valence electrons. The van der Waals surface area contributed by atoms with Gasteiger partial charge in [-0.2, -0.15) is 4.31 Å². The Morgan fingerprint density at radius 3 is 2.35 bits per heavy atom. The first-order valence-electron chi connectivity index (χ1n) is 4.94. The van der Waals surface area contributed by atoms with E-state index >= 15 is 0 Å². The molecule has 0 aliphatic carbocycles. The van der Waals surface area contributed by atoms with Crippen molar-refractivity contribution in [3.63, 3.8) is 0 Å². The van der Waals surface area contributed by atoms with E-state index in [1.807, 2.05) is 0 Å². The molecule has 0 aliphatic heterocycles. The van der Waals surface area contributed by atoms with Gasteiger partial charge in [0, 0.05) is 6.54 Å². The van der Waals surface area contributed by atoms with Crippen LogP contribution in [0.1, 0.15) is 13.3 Å². The van der Waals surface area contributed by atoms with E-state index in [-0.39, 0.29) is 11.4 Å². The van der Waals surface area contributed by atoms with Crippen molar-refractivity contribution in [2.75, 3.05) is 19.7 Å². The van der Waals surface area contributed by atoms with Gasteiger partial charge < -0.3 is 10.8 Å². The van der Waals surface area contributed by atoms with Crippen molar-refractivity contribution in [3.05, 3.63) is 0 Å². The number of sulfonamides is 1. The second-order valence-electron chi connectivity index (χ2n) is 3.32. The van der Waals surface area contributed by atoms with Gasteiger partial charge in [0.05, 0.1) is 18.1 Å². The van der Waals surface area contributed by atoms with Crippen LogP contribution < -0.4 is 5.73 Å². The van der Waals surface area contributed by atoms with Crippen molar-refractivity contribution in [1.29, 1.82) is 0 Å². The fraction of sp³-hybridized carbons (Fsp3) is 0.875. The van der Waals surface area contributed by atoms with Crippen molar-refractivity contribution < 1.29 is 22.3 Å². The third-order valence-corrected chi connectivity index (χ3v) is 4.89. The number of halogens is 2. The van der Waals surface area contributed by atoms with E-state index in [4.69, 9.17) is 10.8 Å². The normalized spacial score (nSPS) is 14.2. The number of thiocarbonyl (C=S) groups is 1. The molecule has 0 saturated heterocycles. The Morgan fingerprint density at radius 2 is 2.06 bits per heavy atom. The number of hydrogen-bond acceptors (Lipinski definition) is 4. The lowest BCUT2D eigenvalue weighted by atomic mass is 10.3. The Morgan fingerprint density at radius 1 is 1.53 bits per heavy atom. The van der Waals surface area contributed by atoms with Crippen LogP contribution >= 0.6 is 12.2 Å². The van der Waals surface area contributed by atoms with E-state index in [0.717, 1.165) is 0 Å². The second-order valence-corrected chi connectivity index (χ2v) is 5.90. The molecular weight excluding hydrogens is 274 g/mol. The van der Waals surface area contributed by atoms with Gasteiger partial charge in [0.1, 0.15) is 5.25 Å². The summed E-state index contributed by atoms with van der Waals surface area (Å²) in [5.74, 6) is 0. The summed E-state index contributed by atoms with van der Waals surface area (Å²) in [4.78, 5) is -0.260. The van der Waals surface area contributed by atoms with Gasteiger partial charge in [-0.1, -0.05) is 19.1 Å². The Kier molecular flexibility index (Phi) is 6.98. The Bertz CT molecular complexity index is 349. The molecular formula is C8H16F2N2O3S2. The lowest BCUT2D eigenvalue weighted by molar-refractivity contribution is 0.113. The molecule has 0 bridgehead atoms. The van der Waals surface area contributed by atoms with Gasteiger partial charge in [-0.25, -0.2) is 17.2 Å². The molecule has 9 heteroatoms. The van der Waals surface area contributed by atoms with Crippen molar-refractivity contribution in [2.24, 2.45) is 5.73 Å². The van der Waals surface area contributed by atoms with Gasteiger partial charge in [0.15, 0.2) is 0 Å². The molecule has 17 heavy (non-hydrogen) atoms. The molecule has 1 atom stereocenters. The molecule has 0 amide bonds. The van der Waals surface area contributed by atoms with Crippen LogP contribution in [-0.4, -0.2) is 54.2 Å². The van der Waals surface area contributed by atoms with E-state index in [9.17, 15) is 17.2 Å². The summed E-state index contributed by atoms with van der Waals surface area (Å²) < 4.78 is 48.9. The standard InChI is InChI=1S/C8H16F2N2O3S2/c1-2-6(8(11)16)17(14,15)12(3-4-13)5-7(9)10/h6-7,13H,2-5H2,1H3,(H2,11,16). The van der Waals surface area contributed by atoms with E-state index in [1.165, 1.54) is 0 Å². The van der Waals surface area contributed by atoms with Gasteiger partial charge in [-0.3, -0.25) is 0 Å². The lowest BCUT2D eigenvalue weighted by Gasteiger charge is -2.25. The molecule has 3 N–H and O–H groups in total. The number of alkyl halides is 2. The third-order valence-electron chi connectivity index (χ3n) is 2.10. The van der Waals surface area contributed by atoms with Crippen LogP contribution in [0, 0.1) is 0 Å². The average Bonchev–Trinajstić information content (AvgIpc) is 2.16. The molecule has 0 aliphatic rings. The maximum absolute atomic E-state index is 12.3. The van der Waals surface area contributed by atoms with Crippen LogP contribution in [0.4, 0.5) is 8.78 Å². The average molecular weight is 290 g/mol. The number of aliphatic hydroxyl groups excluding tert-OH is 1. The zero-order valence-corrected chi connectivity index (χ0v) is 11.0. The summed E-state index contributed by atoms with van der Waals surface area (Å²) in [5, 5.41) is 7.51. The van der Waals surface area contributed by atoms with Gasteiger partial charge in [-0.15, -0.1) is 0 Å². The van der Waals surface area contributed by atoms with Crippen LogP contribution in [0.15, 0.2) is 0 Å². The van der Waals surface area contributed by atoms with Gasteiger partial charge in [0.25, 0.3) is 6.43 Å². The fourth-order valence-corrected chi connectivity index (χ4v) is 3.59. The van der Waals surface area contributed by atoms with E-state index < -0.39 is 41.4 Å². The number of rotatable bonds is 8. The first-order chi connectivity index (χ1) is 7.77. The topological polar surface area (TPSA) is 83.6 Å². The fourth-order valence-electron chi connectivity index (χ4n) is 1.33. The maximum Gasteiger partial charge on any atom is 0.252 e. The minimum atomic E-state index is -4.04. The van der Waals surface area contributed by atoms with Gasteiger partial charge >= 0.3 is 0 Å². The van der Waals surface area contributed by atoms with Crippen LogP contribution in [-0.2, 0) is 10.0 Å². The van der Waals surface area contributed by atoms with Crippen LogP contribution in [0.3, 0.4) is 0 Å². The molecule has 0 rings (SSSR count). The lowest BCUT2D eigenvalue weighted by Crippen LogP contribution is -2.47. The van der Waals surface area contributed by atoms with E-state index in [2.05, 4.69) is 12.2 Å². The largest absolute Gasteiger partial charge is 0.395 e. The number of nitrogens with zero attached hydrogens (tertiary/aromatic N) is 1. The molecule has 0 saturated carbocycles. The number of hydrogen-bond donors (Lipinski definition) is 2. The summed E-state index contributed by atoms with van der Waals surface area (Å²) >= 11 is 4.60. The van der Waals surface area contributed by atoms with Crippen LogP contribution in [0.25, 0.3) is 0 Å². The molecule has 0 spiro atoms. The second kappa shape index (κ2) is 7.14. The summed E-state index contributed by atoms with van der Waals surface area (Å²) in [6.45, 7) is -0.367. The molecule has 1 unspecified atom stereocenters. The number of aliphatic hydroxyl groups is 1. The maximum atomic E-state index is 12.3. The summed E-state index contributed by atoms with van der Waals surface area (Å²) in [5.41, 5.74) is 5.27. The quantitative estimate of drug-likeness (QED) is 0.612. The molecule has 5 nitrogen and oxygen atoms in total. The van der Waals surface area contributed by atoms with E-state index in [1.54, 1.807) is 6.92 Å². The molecule has 0 aromatic carbocycles. The minimum absolute atomic E-state index is 0.100. The van der Waals surface area contributed by atoms with Crippen LogP contribution in [0.2, 0.25) is 0 Å². The summed E-state index contributed by atoms with van der Waals surface area (Å²) in [6.07, 6.45) is -2.72. The SMILES string of the molecule is CCC(C(N)=S)S(=O)(=O)N(CCO)CC(F)F. The zero-order chi connectivity index (χ0) is 13.6. The Balaban J connectivity index is 5.12. The highest BCUT2D eigenvalue weighted by molar-refractivity contribution is 7.92. The first kappa shape index (κ1) is 16.6. The highest BCUT2D eigenvalue weighted by Gasteiger charge is 2.33. The van der Waals surface area contributed by atoms with Crippen molar-refractivity contribution in [1.82, 2.24) is 4.31 Å². The van der Waals surface area contributed by atoms with Gasteiger partial charge in [-0.05, 0) is 6.42 Å². The zero-order valence-electron chi connectivity index (χ0n) is 9.34. The molecule has 0 aromatic rings. The smallest absolute Gasteiger partial charge is 0.252 e. The predicted octanol–water partition coefficient (Wildman–Crippen LogP) is -0.0597. The predicted molar refractivity (Wildman–Crippen MR) is 64.4 cm³/mol. The first-order valence-corrected chi connectivity index (χ1v) is 6.85. The molecule has 0 heterocycles. The van der Waals surface area contributed by atoms with E-state index in [0.29, 0.717) is 4.31 Å². The monoisotopic (exact) mass is 290 g/mol. The van der Waals surface area contributed by atoms with Gasteiger partial charge in [0.2, 0.25) is 10.0 Å². The molecule has 0 radical (unpaired) electrons. The minimum Gasteiger partial charge on any atom is -0.395 e. The molecule has 0 fully saturated rings. The highest BCUT2D eigenvalue weighted by atomic mass is 32.2. The molecule has 0 aromatic heterocycles.